The molecule has 17 heavy (non-hydrogen) atoms. The Morgan fingerprint density at radius 3 is 2.47 bits per heavy atom. The SMILES string of the molecule is C=N/N=C\N=C(/C)C(C)CCCCCCCC. The van der Waals surface area contributed by atoms with E-state index in [0.29, 0.717) is 5.92 Å². The van der Waals surface area contributed by atoms with Crippen molar-refractivity contribution in [1.29, 1.82) is 0 Å². The van der Waals surface area contributed by atoms with Crippen LogP contribution in [0.15, 0.2) is 15.2 Å². The van der Waals surface area contributed by atoms with Gasteiger partial charge < -0.3 is 0 Å². The predicted octanol–water partition coefficient (Wildman–Crippen LogP) is 4.48. The Balaban J connectivity index is 3.63. The van der Waals surface area contributed by atoms with E-state index in [4.69, 9.17) is 0 Å². The molecule has 0 rings (SSSR count). The van der Waals surface area contributed by atoms with Crippen molar-refractivity contribution in [3.63, 3.8) is 0 Å². The lowest BCUT2D eigenvalue weighted by molar-refractivity contribution is 0.555. The van der Waals surface area contributed by atoms with E-state index >= 15 is 0 Å². The van der Waals surface area contributed by atoms with E-state index in [9.17, 15) is 0 Å². The van der Waals surface area contributed by atoms with E-state index < -0.39 is 0 Å². The number of nitrogens with zero attached hydrogens (tertiary/aromatic N) is 3. The largest absolute Gasteiger partial charge is 0.244 e. The van der Waals surface area contributed by atoms with Gasteiger partial charge in [0.1, 0.15) is 6.34 Å². The second-order valence-electron chi connectivity index (χ2n) is 4.60. The van der Waals surface area contributed by atoms with Crippen LogP contribution in [0, 0.1) is 5.92 Å². The summed E-state index contributed by atoms with van der Waals surface area (Å²) in [6.45, 7) is 9.80. The molecule has 0 aliphatic rings. The summed E-state index contributed by atoms with van der Waals surface area (Å²) in [5.74, 6) is 0.539. The van der Waals surface area contributed by atoms with E-state index in [-0.39, 0.29) is 0 Å². The van der Waals surface area contributed by atoms with Gasteiger partial charge in [-0.25, -0.2) is 4.99 Å². The molecule has 0 aliphatic heterocycles. The van der Waals surface area contributed by atoms with Crippen molar-refractivity contribution in [1.82, 2.24) is 0 Å². The first-order valence-electron chi connectivity index (χ1n) is 6.74. The molecule has 0 spiro atoms. The van der Waals surface area contributed by atoms with Crippen LogP contribution in [0.25, 0.3) is 0 Å². The van der Waals surface area contributed by atoms with Gasteiger partial charge in [0.2, 0.25) is 0 Å². The molecule has 0 saturated carbocycles. The number of rotatable bonds is 10. The Bertz CT molecular complexity index is 244. The van der Waals surface area contributed by atoms with Crippen molar-refractivity contribution in [2.24, 2.45) is 21.1 Å². The van der Waals surface area contributed by atoms with Gasteiger partial charge in [-0.15, -0.1) is 5.10 Å². The van der Waals surface area contributed by atoms with E-state index in [0.717, 1.165) is 5.71 Å². The molecular weight excluding hydrogens is 210 g/mol. The van der Waals surface area contributed by atoms with Crippen molar-refractivity contribution in [2.45, 2.75) is 65.7 Å². The molecule has 0 aliphatic carbocycles. The van der Waals surface area contributed by atoms with Crippen LogP contribution in [-0.2, 0) is 0 Å². The third-order valence-corrected chi connectivity index (χ3v) is 3.10. The molecule has 0 bridgehead atoms. The Kier molecular flexibility index (Phi) is 10.8. The Labute approximate surface area is 106 Å². The molecule has 98 valence electrons. The molecule has 0 heterocycles. The fraction of sp³-hybridized carbons (Fsp3) is 0.786. The first-order chi connectivity index (χ1) is 8.22. The summed E-state index contributed by atoms with van der Waals surface area (Å²) < 4.78 is 0. The number of hydrogen-bond donors (Lipinski definition) is 0. The number of aliphatic imine (C=N–C) groups is 1. The molecule has 0 N–H and O–H groups in total. The van der Waals surface area contributed by atoms with Crippen LogP contribution >= 0.6 is 0 Å². The molecule has 0 aromatic carbocycles. The molecule has 0 amide bonds. The van der Waals surface area contributed by atoms with E-state index in [1.165, 1.54) is 51.3 Å². The fourth-order valence-corrected chi connectivity index (χ4v) is 1.72. The molecule has 0 aromatic rings. The molecule has 0 fully saturated rings. The number of hydrogen-bond acceptors (Lipinski definition) is 2. The number of unbranched alkanes of at least 4 members (excludes halogenated alkanes) is 5. The lowest BCUT2D eigenvalue weighted by atomic mass is 9.98. The van der Waals surface area contributed by atoms with Crippen LogP contribution in [0.3, 0.4) is 0 Å². The average molecular weight is 237 g/mol. The molecular formula is C14H27N3. The van der Waals surface area contributed by atoms with Crippen LogP contribution < -0.4 is 0 Å². The van der Waals surface area contributed by atoms with Gasteiger partial charge in [-0.3, -0.25) is 0 Å². The Hall–Kier alpha value is -0.990. The van der Waals surface area contributed by atoms with Crippen molar-refractivity contribution in [3.05, 3.63) is 0 Å². The van der Waals surface area contributed by atoms with Gasteiger partial charge >= 0.3 is 0 Å². The minimum absolute atomic E-state index is 0.539. The normalized spacial score (nSPS) is 14.2. The Morgan fingerprint density at radius 2 is 1.82 bits per heavy atom. The van der Waals surface area contributed by atoms with Gasteiger partial charge in [-0.1, -0.05) is 52.4 Å². The summed E-state index contributed by atoms with van der Waals surface area (Å²) in [6.07, 6.45) is 10.8. The highest BCUT2D eigenvalue weighted by atomic mass is 15.2. The van der Waals surface area contributed by atoms with Gasteiger partial charge in [0.15, 0.2) is 0 Å². The zero-order valence-electron chi connectivity index (χ0n) is 11.7. The summed E-state index contributed by atoms with van der Waals surface area (Å²) >= 11 is 0. The first-order valence-corrected chi connectivity index (χ1v) is 6.74. The second kappa shape index (κ2) is 11.5. The topological polar surface area (TPSA) is 37.1 Å². The van der Waals surface area contributed by atoms with Crippen molar-refractivity contribution >= 4 is 18.8 Å². The summed E-state index contributed by atoms with van der Waals surface area (Å²) in [5.41, 5.74) is 1.13. The van der Waals surface area contributed by atoms with Crippen LogP contribution in [0.5, 0.6) is 0 Å². The Morgan fingerprint density at radius 1 is 1.18 bits per heavy atom. The maximum Gasteiger partial charge on any atom is 0.137 e. The highest BCUT2D eigenvalue weighted by molar-refractivity contribution is 5.90. The smallest absolute Gasteiger partial charge is 0.137 e. The standard InChI is InChI=1S/C14H27N3/c1-5-6-7-8-9-10-11-13(2)14(3)16-12-17-15-4/h12-13H,4-11H2,1-3H3/b16-14+,17-12-. The predicted molar refractivity (Wildman–Crippen MR) is 78.3 cm³/mol. The molecule has 0 saturated heterocycles. The highest BCUT2D eigenvalue weighted by Crippen LogP contribution is 2.13. The maximum atomic E-state index is 4.23. The minimum Gasteiger partial charge on any atom is -0.244 e. The summed E-state index contributed by atoms with van der Waals surface area (Å²) in [6, 6.07) is 0. The highest BCUT2D eigenvalue weighted by Gasteiger charge is 2.04. The third kappa shape index (κ3) is 9.91. The first kappa shape index (κ1) is 16.0. The molecule has 3 nitrogen and oxygen atoms in total. The van der Waals surface area contributed by atoms with Crippen molar-refractivity contribution in [2.75, 3.05) is 0 Å². The summed E-state index contributed by atoms with van der Waals surface area (Å²) in [5, 5.41) is 7.01. The van der Waals surface area contributed by atoms with Crippen LogP contribution in [0.2, 0.25) is 0 Å². The zero-order chi connectivity index (χ0) is 12.9. The van der Waals surface area contributed by atoms with Gasteiger partial charge in [0.25, 0.3) is 0 Å². The average Bonchev–Trinajstić information content (AvgIpc) is 2.33. The van der Waals surface area contributed by atoms with Gasteiger partial charge in [-0.05, 0) is 19.3 Å². The molecule has 0 aromatic heterocycles. The van der Waals surface area contributed by atoms with Gasteiger partial charge in [-0.2, -0.15) is 5.10 Å². The van der Waals surface area contributed by atoms with Gasteiger partial charge in [0.05, 0.1) is 0 Å². The zero-order valence-corrected chi connectivity index (χ0v) is 11.7. The van der Waals surface area contributed by atoms with Crippen LogP contribution in [-0.4, -0.2) is 18.8 Å². The maximum absolute atomic E-state index is 4.23. The molecule has 0 radical (unpaired) electrons. The fourth-order valence-electron chi connectivity index (χ4n) is 1.72. The van der Waals surface area contributed by atoms with Crippen molar-refractivity contribution < 1.29 is 0 Å². The van der Waals surface area contributed by atoms with Gasteiger partial charge in [0, 0.05) is 12.4 Å². The molecule has 1 unspecified atom stereocenters. The minimum atomic E-state index is 0.539. The van der Waals surface area contributed by atoms with Crippen LogP contribution in [0.4, 0.5) is 0 Å². The van der Waals surface area contributed by atoms with E-state index in [1.54, 1.807) is 0 Å². The monoisotopic (exact) mass is 237 g/mol. The van der Waals surface area contributed by atoms with E-state index in [2.05, 4.69) is 42.7 Å². The van der Waals surface area contributed by atoms with Crippen molar-refractivity contribution in [3.8, 4) is 0 Å². The lowest BCUT2D eigenvalue weighted by Crippen LogP contribution is -2.07. The summed E-state index contributed by atoms with van der Waals surface area (Å²) in [4.78, 5) is 4.23. The third-order valence-electron chi connectivity index (χ3n) is 3.10. The quantitative estimate of drug-likeness (QED) is 0.232. The second-order valence-corrected chi connectivity index (χ2v) is 4.60. The molecule has 3 heteroatoms. The lowest BCUT2D eigenvalue weighted by Gasteiger charge is -2.09. The van der Waals surface area contributed by atoms with Crippen LogP contribution in [0.1, 0.15) is 65.7 Å². The molecule has 1 atom stereocenters. The summed E-state index contributed by atoms with van der Waals surface area (Å²) in [7, 11) is 0. The van der Waals surface area contributed by atoms with E-state index in [1.807, 2.05) is 0 Å².